The summed E-state index contributed by atoms with van der Waals surface area (Å²) in [6.07, 6.45) is 5.59. The van der Waals surface area contributed by atoms with Crippen LogP contribution in [-0.4, -0.2) is 22.4 Å². The molecule has 2 aliphatic rings. The first-order valence-electron chi connectivity index (χ1n) is 10.2. The fourth-order valence-electron chi connectivity index (χ4n) is 5.38. The first kappa shape index (κ1) is 17.8. The summed E-state index contributed by atoms with van der Waals surface area (Å²) in [7, 11) is 0. The van der Waals surface area contributed by atoms with Gasteiger partial charge in [0.2, 0.25) is 0 Å². The molecule has 0 radical (unpaired) electrons. The summed E-state index contributed by atoms with van der Waals surface area (Å²) in [6, 6.07) is 21.1. The quantitative estimate of drug-likeness (QED) is 0.828. The molecule has 2 aliphatic carbocycles. The summed E-state index contributed by atoms with van der Waals surface area (Å²) in [6.45, 7) is 0. The van der Waals surface area contributed by atoms with Gasteiger partial charge in [0.25, 0.3) is 0 Å². The van der Waals surface area contributed by atoms with E-state index >= 15 is 0 Å². The van der Waals surface area contributed by atoms with Gasteiger partial charge >= 0.3 is 0 Å². The summed E-state index contributed by atoms with van der Waals surface area (Å²) in [5, 5.41) is 21.4. The van der Waals surface area contributed by atoms with Crippen molar-refractivity contribution in [1.29, 1.82) is 0 Å². The lowest BCUT2D eigenvalue weighted by Crippen LogP contribution is -2.38. The fraction of sp³-hybridized carbons (Fsp3) is 0.500. The van der Waals surface area contributed by atoms with Crippen LogP contribution in [0.4, 0.5) is 0 Å². The van der Waals surface area contributed by atoms with E-state index in [-0.39, 0.29) is 18.1 Å². The van der Waals surface area contributed by atoms with Crippen LogP contribution in [0.25, 0.3) is 0 Å². The molecule has 6 unspecified atom stereocenters. The van der Waals surface area contributed by atoms with E-state index < -0.39 is 0 Å². The largest absolute Gasteiger partial charge is 0.393 e. The van der Waals surface area contributed by atoms with Gasteiger partial charge in [0, 0.05) is 5.92 Å². The van der Waals surface area contributed by atoms with Crippen molar-refractivity contribution in [2.24, 2.45) is 11.8 Å². The number of benzene rings is 2. The fourth-order valence-corrected chi connectivity index (χ4v) is 5.38. The molecule has 2 heteroatoms. The van der Waals surface area contributed by atoms with Crippen molar-refractivity contribution < 1.29 is 10.2 Å². The van der Waals surface area contributed by atoms with Crippen molar-refractivity contribution >= 4 is 0 Å². The SMILES string of the molecule is OC1CCC(C2CCC(c3ccccc3)CC2O)CC1c1ccccc1. The standard InChI is InChI=1S/C24H30O2/c25-23-14-12-20(15-22(23)18-9-5-2-6-10-18)21-13-11-19(16-24(21)26)17-7-3-1-4-8-17/h1-10,19-26H,11-16H2. The summed E-state index contributed by atoms with van der Waals surface area (Å²) >= 11 is 0. The zero-order chi connectivity index (χ0) is 17.9. The van der Waals surface area contributed by atoms with Crippen LogP contribution >= 0.6 is 0 Å². The topological polar surface area (TPSA) is 40.5 Å². The van der Waals surface area contributed by atoms with E-state index in [1.165, 1.54) is 17.5 Å². The number of hydrogen-bond donors (Lipinski definition) is 2. The molecule has 0 bridgehead atoms. The van der Waals surface area contributed by atoms with Gasteiger partial charge < -0.3 is 10.2 Å². The first-order valence-corrected chi connectivity index (χ1v) is 10.2. The minimum atomic E-state index is -0.244. The predicted octanol–water partition coefficient (Wildman–Crippen LogP) is 4.88. The summed E-state index contributed by atoms with van der Waals surface area (Å²) in [5.74, 6) is 1.61. The Kier molecular flexibility index (Phi) is 5.42. The Bertz CT molecular complexity index is 684. The highest BCUT2D eigenvalue weighted by molar-refractivity contribution is 5.22. The molecule has 2 saturated carbocycles. The van der Waals surface area contributed by atoms with E-state index in [2.05, 4.69) is 54.6 Å². The monoisotopic (exact) mass is 350 g/mol. The van der Waals surface area contributed by atoms with Gasteiger partial charge in [0.05, 0.1) is 12.2 Å². The molecule has 0 heterocycles. The lowest BCUT2D eigenvalue weighted by atomic mass is 9.65. The van der Waals surface area contributed by atoms with Gasteiger partial charge in [0.15, 0.2) is 0 Å². The zero-order valence-corrected chi connectivity index (χ0v) is 15.4. The molecule has 0 saturated heterocycles. The first-order chi connectivity index (χ1) is 12.7. The maximum absolute atomic E-state index is 10.9. The summed E-state index contributed by atoms with van der Waals surface area (Å²) in [4.78, 5) is 0. The Hall–Kier alpha value is -1.64. The second kappa shape index (κ2) is 7.94. The van der Waals surface area contributed by atoms with Crippen molar-refractivity contribution in [3.05, 3.63) is 71.8 Å². The Morgan fingerprint density at radius 1 is 0.615 bits per heavy atom. The maximum atomic E-state index is 10.9. The molecule has 2 N–H and O–H groups in total. The molecule has 4 rings (SSSR count). The van der Waals surface area contributed by atoms with Gasteiger partial charge in [-0.15, -0.1) is 0 Å². The highest BCUT2D eigenvalue weighted by Crippen LogP contribution is 2.46. The number of aliphatic hydroxyl groups is 2. The molecular formula is C24H30O2. The van der Waals surface area contributed by atoms with E-state index in [1.54, 1.807) is 0 Å². The molecule has 0 spiro atoms. The van der Waals surface area contributed by atoms with Crippen LogP contribution in [0.15, 0.2) is 60.7 Å². The van der Waals surface area contributed by atoms with Crippen molar-refractivity contribution in [3.63, 3.8) is 0 Å². The number of hydrogen-bond acceptors (Lipinski definition) is 2. The lowest BCUT2D eigenvalue weighted by molar-refractivity contribution is -0.00549. The van der Waals surface area contributed by atoms with E-state index in [0.29, 0.717) is 17.8 Å². The van der Waals surface area contributed by atoms with Crippen molar-refractivity contribution in [1.82, 2.24) is 0 Å². The maximum Gasteiger partial charge on any atom is 0.0608 e. The molecule has 2 aromatic rings. The molecule has 6 atom stereocenters. The molecule has 2 nitrogen and oxygen atoms in total. The summed E-state index contributed by atoms with van der Waals surface area (Å²) in [5.41, 5.74) is 2.61. The van der Waals surface area contributed by atoms with Crippen LogP contribution in [-0.2, 0) is 0 Å². The second-order valence-corrected chi connectivity index (χ2v) is 8.31. The average molecular weight is 351 g/mol. The number of aliphatic hydroxyl groups excluding tert-OH is 2. The van der Waals surface area contributed by atoms with Gasteiger partial charge in [-0.1, -0.05) is 60.7 Å². The van der Waals surface area contributed by atoms with Crippen LogP contribution in [0.2, 0.25) is 0 Å². The highest BCUT2D eigenvalue weighted by atomic mass is 16.3. The van der Waals surface area contributed by atoms with Gasteiger partial charge in [0.1, 0.15) is 0 Å². The molecule has 0 amide bonds. The summed E-state index contributed by atoms with van der Waals surface area (Å²) < 4.78 is 0. The normalized spacial score (nSPS) is 35.2. The Labute approximate surface area is 156 Å². The van der Waals surface area contributed by atoms with Crippen LogP contribution in [0.5, 0.6) is 0 Å². The highest BCUT2D eigenvalue weighted by Gasteiger charge is 2.39. The van der Waals surface area contributed by atoms with E-state index in [9.17, 15) is 10.2 Å². The van der Waals surface area contributed by atoms with Crippen LogP contribution in [0.3, 0.4) is 0 Å². The zero-order valence-electron chi connectivity index (χ0n) is 15.4. The Morgan fingerprint density at radius 2 is 1.27 bits per heavy atom. The third kappa shape index (κ3) is 3.72. The predicted molar refractivity (Wildman–Crippen MR) is 105 cm³/mol. The second-order valence-electron chi connectivity index (χ2n) is 8.31. The van der Waals surface area contributed by atoms with Crippen LogP contribution < -0.4 is 0 Å². The van der Waals surface area contributed by atoms with Crippen LogP contribution in [0, 0.1) is 11.8 Å². The van der Waals surface area contributed by atoms with E-state index in [1.807, 2.05) is 6.07 Å². The molecule has 0 aromatic heterocycles. The van der Waals surface area contributed by atoms with Gasteiger partial charge in [-0.3, -0.25) is 0 Å². The minimum absolute atomic E-state index is 0.217. The van der Waals surface area contributed by atoms with Gasteiger partial charge in [-0.2, -0.15) is 0 Å². The smallest absolute Gasteiger partial charge is 0.0608 e. The molecule has 138 valence electrons. The van der Waals surface area contributed by atoms with Gasteiger partial charge in [-0.25, -0.2) is 0 Å². The van der Waals surface area contributed by atoms with Crippen LogP contribution in [0.1, 0.15) is 61.5 Å². The molecule has 2 fully saturated rings. The number of rotatable bonds is 3. The molecule has 0 aliphatic heterocycles. The molecule has 26 heavy (non-hydrogen) atoms. The third-order valence-corrected chi connectivity index (χ3v) is 6.83. The minimum Gasteiger partial charge on any atom is -0.393 e. The Balaban J connectivity index is 1.43. The average Bonchev–Trinajstić information content (AvgIpc) is 2.70. The molecule has 2 aromatic carbocycles. The molecular weight excluding hydrogens is 320 g/mol. The van der Waals surface area contributed by atoms with Gasteiger partial charge in [-0.05, 0) is 67.4 Å². The van der Waals surface area contributed by atoms with E-state index in [4.69, 9.17) is 0 Å². The Morgan fingerprint density at radius 3 is 1.92 bits per heavy atom. The van der Waals surface area contributed by atoms with Crippen molar-refractivity contribution in [2.75, 3.05) is 0 Å². The van der Waals surface area contributed by atoms with Crippen molar-refractivity contribution in [3.8, 4) is 0 Å². The lowest BCUT2D eigenvalue weighted by Gasteiger charge is -2.42. The van der Waals surface area contributed by atoms with Crippen molar-refractivity contribution in [2.45, 2.75) is 62.6 Å². The third-order valence-electron chi connectivity index (χ3n) is 6.83. The van der Waals surface area contributed by atoms with E-state index in [0.717, 1.165) is 32.1 Å².